The van der Waals surface area contributed by atoms with Gasteiger partial charge in [0, 0.05) is 13.1 Å². The number of methoxy groups -OCH3 is 1. The normalized spacial score (nSPS) is 15.9. The van der Waals surface area contributed by atoms with Crippen molar-refractivity contribution >= 4 is 33.2 Å². The third-order valence-corrected chi connectivity index (χ3v) is 6.62. The van der Waals surface area contributed by atoms with Crippen molar-refractivity contribution in [3.63, 3.8) is 0 Å². The zero-order valence-electron chi connectivity index (χ0n) is 14.6. The Kier molecular flexibility index (Phi) is 5.24. The largest absolute Gasteiger partial charge is 0.495 e. The van der Waals surface area contributed by atoms with Crippen LogP contribution in [-0.4, -0.2) is 38.6 Å². The Morgan fingerprint density at radius 1 is 1.31 bits per heavy atom. The first-order valence-corrected chi connectivity index (χ1v) is 10.1. The number of anilines is 2. The second kappa shape index (κ2) is 7.28. The number of nitrogens with zero attached hydrogens (tertiary/aromatic N) is 3. The van der Waals surface area contributed by atoms with Gasteiger partial charge in [0.25, 0.3) is 0 Å². The molecule has 0 atom stereocenters. The summed E-state index contributed by atoms with van der Waals surface area (Å²) in [6.07, 6.45) is 3.37. The van der Waals surface area contributed by atoms with Crippen LogP contribution >= 0.6 is 11.6 Å². The molecule has 2 heterocycles. The number of nitrogens with two attached hydrogens (primary N) is 1. The minimum Gasteiger partial charge on any atom is -0.495 e. The van der Waals surface area contributed by atoms with Crippen LogP contribution in [0.2, 0.25) is 5.02 Å². The topological polar surface area (TPSA) is 98.4 Å². The summed E-state index contributed by atoms with van der Waals surface area (Å²) < 4.78 is 30.8. The number of aromatic nitrogens is 2. The fourth-order valence-corrected chi connectivity index (χ4v) is 4.49. The molecular formula is C17H21ClN4O3S. The van der Waals surface area contributed by atoms with Gasteiger partial charge in [-0.15, -0.1) is 0 Å². The number of hydrogen-bond acceptors (Lipinski definition) is 7. The number of sulfone groups is 1. The van der Waals surface area contributed by atoms with Gasteiger partial charge < -0.3 is 15.4 Å². The molecule has 1 aromatic carbocycles. The Bertz CT molecular complexity index is 912. The van der Waals surface area contributed by atoms with Crippen LogP contribution in [0.3, 0.4) is 0 Å². The van der Waals surface area contributed by atoms with Crippen molar-refractivity contribution in [1.29, 1.82) is 0 Å². The maximum Gasteiger partial charge on any atom is 0.227 e. The van der Waals surface area contributed by atoms with Crippen LogP contribution in [0, 0.1) is 5.92 Å². The molecule has 1 aliphatic rings. The highest BCUT2D eigenvalue weighted by Crippen LogP contribution is 2.31. The summed E-state index contributed by atoms with van der Waals surface area (Å²) in [5.41, 5.74) is 5.96. The van der Waals surface area contributed by atoms with Gasteiger partial charge in [0.05, 0.1) is 23.2 Å². The van der Waals surface area contributed by atoms with Gasteiger partial charge in [-0.3, -0.25) is 0 Å². The van der Waals surface area contributed by atoms with E-state index in [2.05, 4.69) is 16.9 Å². The Labute approximate surface area is 158 Å². The van der Waals surface area contributed by atoms with Gasteiger partial charge >= 0.3 is 0 Å². The molecule has 1 aromatic heterocycles. The summed E-state index contributed by atoms with van der Waals surface area (Å²) >= 11 is 6.04. The Hall–Kier alpha value is -2.06. The molecule has 140 valence electrons. The Morgan fingerprint density at radius 2 is 2.00 bits per heavy atom. The fourth-order valence-electron chi connectivity index (χ4n) is 2.88. The SMILES string of the molecule is COc1ccc(S(=O)(=O)c2cnc(N3CCC(C)CC3)nc2N)cc1Cl. The third kappa shape index (κ3) is 3.57. The molecule has 9 heteroatoms. The van der Waals surface area contributed by atoms with Gasteiger partial charge in [-0.1, -0.05) is 18.5 Å². The van der Waals surface area contributed by atoms with Crippen LogP contribution in [0.4, 0.5) is 11.8 Å². The smallest absolute Gasteiger partial charge is 0.227 e. The van der Waals surface area contributed by atoms with Gasteiger partial charge in [-0.2, -0.15) is 4.98 Å². The Morgan fingerprint density at radius 3 is 2.58 bits per heavy atom. The van der Waals surface area contributed by atoms with Crippen LogP contribution < -0.4 is 15.4 Å². The first kappa shape index (κ1) is 18.7. The van der Waals surface area contributed by atoms with Crippen LogP contribution in [0.15, 0.2) is 34.2 Å². The first-order chi connectivity index (χ1) is 12.3. The minimum absolute atomic E-state index is 0.0122. The number of hydrogen-bond donors (Lipinski definition) is 1. The molecule has 1 aliphatic heterocycles. The summed E-state index contributed by atoms with van der Waals surface area (Å²) in [6.45, 7) is 3.88. The maximum absolute atomic E-state index is 12.9. The third-order valence-electron chi connectivity index (χ3n) is 4.56. The van der Waals surface area contributed by atoms with Crippen molar-refractivity contribution in [2.75, 3.05) is 30.8 Å². The lowest BCUT2D eigenvalue weighted by Crippen LogP contribution is -2.34. The summed E-state index contributed by atoms with van der Waals surface area (Å²) in [5.74, 6) is 1.45. The summed E-state index contributed by atoms with van der Waals surface area (Å²) in [6, 6.07) is 4.24. The molecule has 1 saturated heterocycles. The van der Waals surface area contributed by atoms with Crippen LogP contribution in [-0.2, 0) is 9.84 Å². The van der Waals surface area contributed by atoms with E-state index in [9.17, 15) is 8.42 Å². The molecule has 2 aromatic rings. The second-order valence-corrected chi connectivity index (χ2v) is 8.71. The number of piperidine rings is 1. The number of rotatable bonds is 4. The molecule has 1 fully saturated rings. The van der Waals surface area contributed by atoms with E-state index in [0.717, 1.165) is 25.9 Å². The minimum atomic E-state index is -3.88. The highest BCUT2D eigenvalue weighted by atomic mass is 35.5. The number of benzene rings is 1. The molecule has 0 aliphatic carbocycles. The van der Waals surface area contributed by atoms with E-state index in [-0.39, 0.29) is 20.6 Å². The zero-order valence-corrected chi connectivity index (χ0v) is 16.2. The van der Waals surface area contributed by atoms with Gasteiger partial charge in [0.1, 0.15) is 16.5 Å². The molecule has 0 amide bonds. The molecule has 3 rings (SSSR count). The summed E-state index contributed by atoms with van der Waals surface area (Å²) in [4.78, 5) is 10.4. The van der Waals surface area contributed by atoms with Crippen LogP contribution in [0.5, 0.6) is 5.75 Å². The van der Waals surface area contributed by atoms with E-state index in [0.29, 0.717) is 17.6 Å². The van der Waals surface area contributed by atoms with Gasteiger partial charge in [0.15, 0.2) is 0 Å². The molecule has 0 bridgehead atoms. The molecule has 2 N–H and O–H groups in total. The van der Waals surface area contributed by atoms with Crippen molar-refractivity contribution in [3.05, 3.63) is 29.4 Å². The van der Waals surface area contributed by atoms with E-state index < -0.39 is 9.84 Å². The van der Waals surface area contributed by atoms with E-state index >= 15 is 0 Å². The molecule has 0 radical (unpaired) electrons. The van der Waals surface area contributed by atoms with E-state index in [1.807, 2.05) is 4.90 Å². The predicted molar refractivity (Wildman–Crippen MR) is 101 cm³/mol. The highest BCUT2D eigenvalue weighted by molar-refractivity contribution is 7.91. The molecule has 0 saturated carbocycles. The molecule has 26 heavy (non-hydrogen) atoms. The number of ether oxygens (including phenoxy) is 1. The van der Waals surface area contributed by atoms with E-state index in [1.165, 1.54) is 31.5 Å². The lowest BCUT2D eigenvalue weighted by Gasteiger charge is -2.30. The molecular weight excluding hydrogens is 376 g/mol. The van der Waals surface area contributed by atoms with E-state index in [1.54, 1.807) is 0 Å². The van der Waals surface area contributed by atoms with Gasteiger partial charge in [-0.05, 0) is 37.0 Å². The standard InChI is InChI=1S/C17H21ClN4O3S/c1-11-5-7-22(8-6-11)17-20-10-15(16(19)21-17)26(23,24)12-3-4-14(25-2)13(18)9-12/h3-4,9-11H,5-8H2,1-2H3,(H2,19,20,21). The number of halogens is 1. The second-order valence-electron chi connectivity index (χ2n) is 6.39. The average Bonchev–Trinajstić information content (AvgIpc) is 2.62. The fraction of sp³-hybridized carbons (Fsp3) is 0.412. The zero-order chi connectivity index (χ0) is 18.9. The predicted octanol–water partition coefficient (Wildman–Crippen LogP) is 2.79. The van der Waals surface area contributed by atoms with Crippen molar-refractivity contribution in [2.24, 2.45) is 5.92 Å². The maximum atomic E-state index is 12.9. The molecule has 0 unspecified atom stereocenters. The highest BCUT2D eigenvalue weighted by Gasteiger charge is 2.25. The van der Waals surface area contributed by atoms with Crippen molar-refractivity contribution in [2.45, 2.75) is 29.6 Å². The molecule has 7 nitrogen and oxygen atoms in total. The van der Waals surface area contributed by atoms with Gasteiger partial charge in [0.2, 0.25) is 15.8 Å². The lowest BCUT2D eigenvalue weighted by molar-refractivity contribution is 0.414. The monoisotopic (exact) mass is 396 g/mol. The van der Waals surface area contributed by atoms with Gasteiger partial charge in [-0.25, -0.2) is 13.4 Å². The lowest BCUT2D eigenvalue weighted by atomic mass is 10.00. The van der Waals surface area contributed by atoms with E-state index in [4.69, 9.17) is 22.1 Å². The van der Waals surface area contributed by atoms with Crippen molar-refractivity contribution in [3.8, 4) is 5.75 Å². The first-order valence-electron chi connectivity index (χ1n) is 8.29. The summed E-state index contributed by atoms with van der Waals surface area (Å²) in [5, 5.41) is 0.201. The molecule has 0 spiro atoms. The Balaban J connectivity index is 1.92. The average molecular weight is 397 g/mol. The summed E-state index contributed by atoms with van der Waals surface area (Å²) in [7, 11) is -2.42. The van der Waals surface area contributed by atoms with Crippen LogP contribution in [0.25, 0.3) is 0 Å². The number of nitrogen functional groups attached to an aromatic ring is 1. The quantitative estimate of drug-likeness (QED) is 0.848. The van der Waals surface area contributed by atoms with Crippen LogP contribution in [0.1, 0.15) is 19.8 Å². The van der Waals surface area contributed by atoms with Crippen molar-refractivity contribution in [1.82, 2.24) is 9.97 Å². The van der Waals surface area contributed by atoms with Crippen molar-refractivity contribution < 1.29 is 13.2 Å².